The molecule has 0 unspecified atom stereocenters. The largest absolute Gasteiger partial charge is 0.455 e. The summed E-state index contributed by atoms with van der Waals surface area (Å²) < 4.78 is 24.2. The molecule has 21 heavy (non-hydrogen) atoms. The summed E-state index contributed by atoms with van der Waals surface area (Å²) in [6, 6.07) is 13.0. The molecular formula is C17H13FO3. The molecule has 3 rings (SSSR count). The van der Waals surface area contributed by atoms with E-state index >= 15 is 0 Å². The lowest BCUT2D eigenvalue weighted by atomic mass is 10.00. The van der Waals surface area contributed by atoms with Crippen LogP contribution in [0.5, 0.6) is 0 Å². The normalized spacial score (nSPS) is 11.0. The third-order valence-corrected chi connectivity index (χ3v) is 3.29. The lowest BCUT2D eigenvalue weighted by Crippen LogP contribution is -2.01. The number of furan rings is 1. The number of ether oxygens (including phenoxy) is 1. The third-order valence-electron chi connectivity index (χ3n) is 3.29. The Bertz CT molecular complexity index is 805. The SMILES string of the molecule is COCc1ccc(C(=O)c2ccc(F)c3ccccc23)o1. The molecule has 1 heterocycles. The van der Waals surface area contributed by atoms with E-state index in [4.69, 9.17) is 9.15 Å². The van der Waals surface area contributed by atoms with Gasteiger partial charge in [-0.3, -0.25) is 4.79 Å². The number of ketones is 1. The molecule has 3 aromatic rings. The van der Waals surface area contributed by atoms with Crippen molar-refractivity contribution < 1.29 is 18.3 Å². The van der Waals surface area contributed by atoms with Crippen molar-refractivity contribution in [3.8, 4) is 0 Å². The van der Waals surface area contributed by atoms with Crippen LogP contribution in [0.25, 0.3) is 10.8 Å². The van der Waals surface area contributed by atoms with Crippen molar-refractivity contribution in [1.29, 1.82) is 0 Å². The molecule has 0 atom stereocenters. The van der Waals surface area contributed by atoms with E-state index < -0.39 is 0 Å². The van der Waals surface area contributed by atoms with Crippen molar-refractivity contribution in [2.75, 3.05) is 7.11 Å². The summed E-state index contributed by atoms with van der Waals surface area (Å²) in [6.07, 6.45) is 0. The van der Waals surface area contributed by atoms with E-state index in [1.54, 1.807) is 43.5 Å². The molecule has 0 N–H and O–H groups in total. The van der Waals surface area contributed by atoms with Crippen molar-refractivity contribution in [2.24, 2.45) is 0 Å². The maximum atomic E-state index is 13.8. The van der Waals surface area contributed by atoms with Crippen LogP contribution in [0.1, 0.15) is 21.9 Å². The van der Waals surface area contributed by atoms with E-state index in [1.807, 2.05) is 0 Å². The second kappa shape index (κ2) is 5.50. The van der Waals surface area contributed by atoms with E-state index in [0.29, 0.717) is 28.7 Å². The van der Waals surface area contributed by atoms with Gasteiger partial charge in [0.1, 0.15) is 18.2 Å². The molecule has 1 aromatic heterocycles. The van der Waals surface area contributed by atoms with Crippen molar-refractivity contribution >= 4 is 16.6 Å². The number of methoxy groups -OCH3 is 1. The molecule has 2 aromatic carbocycles. The smallest absolute Gasteiger partial charge is 0.228 e. The second-order valence-corrected chi connectivity index (χ2v) is 4.67. The van der Waals surface area contributed by atoms with Crippen molar-refractivity contribution in [1.82, 2.24) is 0 Å². The molecule has 0 radical (unpaired) electrons. The fraction of sp³-hybridized carbons (Fsp3) is 0.118. The Balaban J connectivity index is 2.07. The number of fused-ring (bicyclic) bond motifs is 1. The van der Waals surface area contributed by atoms with Gasteiger partial charge in [0.2, 0.25) is 5.78 Å². The van der Waals surface area contributed by atoms with Crippen LogP contribution >= 0.6 is 0 Å². The average molecular weight is 284 g/mol. The zero-order chi connectivity index (χ0) is 14.8. The molecular weight excluding hydrogens is 271 g/mol. The summed E-state index contributed by atoms with van der Waals surface area (Å²) in [4.78, 5) is 12.5. The molecule has 0 bridgehead atoms. The Kier molecular flexibility index (Phi) is 3.54. The first kappa shape index (κ1) is 13.5. The molecule has 0 spiro atoms. The molecule has 0 aliphatic rings. The van der Waals surface area contributed by atoms with Crippen molar-refractivity contribution in [3.63, 3.8) is 0 Å². The van der Waals surface area contributed by atoms with Crippen LogP contribution in [0.3, 0.4) is 0 Å². The van der Waals surface area contributed by atoms with Gasteiger partial charge in [-0.15, -0.1) is 0 Å². The van der Waals surface area contributed by atoms with Crippen LogP contribution in [0, 0.1) is 5.82 Å². The molecule has 0 saturated heterocycles. The van der Waals surface area contributed by atoms with Crippen LogP contribution < -0.4 is 0 Å². The van der Waals surface area contributed by atoms with E-state index in [9.17, 15) is 9.18 Å². The highest BCUT2D eigenvalue weighted by atomic mass is 19.1. The Morgan fingerprint density at radius 3 is 2.62 bits per heavy atom. The minimum absolute atomic E-state index is 0.221. The maximum absolute atomic E-state index is 13.8. The number of halogens is 1. The van der Waals surface area contributed by atoms with Crippen molar-refractivity contribution in [3.05, 3.63) is 71.4 Å². The Morgan fingerprint density at radius 2 is 1.86 bits per heavy atom. The molecule has 106 valence electrons. The Labute approximate surface area is 120 Å². The molecule has 0 amide bonds. The van der Waals surface area contributed by atoms with Gasteiger partial charge in [-0.25, -0.2) is 4.39 Å². The minimum Gasteiger partial charge on any atom is -0.455 e. The summed E-state index contributed by atoms with van der Waals surface area (Å²) in [6.45, 7) is 0.303. The quantitative estimate of drug-likeness (QED) is 0.681. The van der Waals surface area contributed by atoms with Gasteiger partial charge in [0.05, 0.1) is 0 Å². The first-order valence-corrected chi connectivity index (χ1v) is 6.50. The first-order chi connectivity index (χ1) is 10.2. The monoisotopic (exact) mass is 284 g/mol. The van der Waals surface area contributed by atoms with Crippen LogP contribution in [-0.2, 0) is 11.3 Å². The molecule has 0 aliphatic carbocycles. The summed E-state index contributed by atoms with van der Waals surface area (Å²) in [7, 11) is 1.55. The van der Waals surface area contributed by atoms with Crippen LogP contribution in [0.2, 0.25) is 0 Å². The summed E-state index contributed by atoms with van der Waals surface area (Å²) >= 11 is 0. The topological polar surface area (TPSA) is 39.4 Å². The summed E-state index contributed by atoms with van der Waals surface area (Å²) in [5.74, 6) is 0.182. The lowest BCUT2D eigenvalue weighted by Gasteiger charge is -2.05. The van der Waals surface area contributed by atoms with Gasteiger partial charge in [-0.1, -0.05) is 24.3 Å². The van der Waals surface area contributed by atoms with Crippen LogP contribution in [-0.4, -0.2) is 12.9 Å². The number of rotatable bonds is 4. The molecule has 0 aliphatic heterocycles. The zero-order valence-electron chi connectivity index (χ0n) is 11.4. The standard InChI is InChI=1S/C17H13FO3/c1-20-10-11-6-9-16(21-11)17(19)14-7-8-15(18)13-5-3-2-4-12(13)14/h2-9H,10H2,1H3. The fourth-order valence-electron chi connectivity index (χ4n) is 2.31. The van der Waals surface area contributed by atoms with Gasteiger partial charge in [-0.05, 0) is 29.7 Å². The van der Waals surface area contributed by atoms with Gasteiger partial charge in [0.15, 0.2) is 5.76 Å². The van der Waals surface area contributed by atoms with Crippen LogP contribution in [0.15, 0.2) is 52.9 Å². The zero-order valence-corrected chi connectivity index (χ0v) is 11.4. The summed E-state index contributed by atoms with van der Waals surface area (Å²) in [5, 5.41) is 0.999. The highest BCUT2D eigenvalue weighted by Gasteiger charge is 2.17. The number of hydrogen-bond acceptors (Lipinski definition) is 3. The number of hydrogen-bond donors (Lipinski definition) is 0. The van der Waals surface area contributed by atoms with Gasteiger partial charge in [0, 0.05) is 18.1 Å². The lowest BCUT2D eigenvalue weighted by molar-refractivity contribution is 0.100. The molecule has 0 saturated carbocycles. The average Bonchev–Trinajstić information content (AvgIpc) is 2.96. The predicted octanol–water partition coefficient (Wildman–Crippen LogP) is 3.95. The second-order valence-electron chi connectivity index (χ2n) is 4.67. The van der Waals surface area contributed by atoms with E-state index in [2.05, 4.69) is 0 Å². The van der Waals surface area contributed by atoms with Gasteiger partial charge in [-0.2, -0.15) is 0 Å². The van der Waals surface area contributed by atoms with Crippen LogP contribution in [0.4, 0.5) is 4.39 Å². The number of benzene rings is 2. The van der Waals surface area contributed by atoms with Gasteiger partial charge >= 0.3 is 0 Å². The highest BCUT2D eigenvalue weighted by molar-refractivity contribution is 6.15. The van der Waals surface area contributed by atoms with E-state index in [-0.39, 0.29) is 17.4 Å². The summed E-state index contributed by atoms with van der Waals surface area (Å²) in [5.41, 5.74) is 0.422. The molecule has 0 fully saturated rings. The molecule has 3 nitrogen and oxygen atoms in total. The number of carbonyl (C=O) groups is 1. The molecule has 4 heteroatoms. The minimum atomic E-state index is -0.346. The van der Waals surface area contributed by atoms with Crippen molar-refractivity contribution in [2.45, 2.75) is 6.61 Å². The predicted molar refractivity (Wildman–Crippen MR) is 76.8 cm³/mol. The maximum Gasteiger partial charge on any atom is 0.228 e. The van der Waals surface area contributed by atoms with Gasteiger partial charge < -0.3 is 9.15 Å². The van der Waals surface area contributed by atoms with E-state index in [0.717, 1.165) is 0 Å². The third kappa shape index (κ3) is 2.45. The fourth-order valence-corrected chi connectivity index (χ4v) is 2.31. The first-order valence-electron chi connectivity index (χ1n) is 6.50. The number of carbonyl (C=O) groups excluding carboxylic acids is 1. The Hall–Kier alpha value is -2.46. The Morgan fingerprint density at radius 1 is 1.10 bits per heavy atom. The van der Waals surface area contributed by atoms with E-state index in [1.165, 1.54) is 12.1 Å². The van der Waals surface area contributed by atoms with Gasteiger partial charge in [0.25, 0.3) is 0 Å². The highest BCUT2D eigenvalue weighted by Crippen LogP contribution is 2.24.